The van der Waals surface area contributed by atoms with Gasteiger partial charge in [0.15, 0.2) is 16.6 Å². The minimum atomic E-state index is -0.967. The first-order valence-corrected chi connectivity index (χ1v) is 10.1. The number of imidazole rings is 1. The van der Waals surface area contributed by atoms with Crippen molar-refractivity contribution in [1.29, 1.82) is 0 Å². The lowest BCUT2D eigenvalue weighted by Gasteiger charge is -2.10. The average Bonchev–Trinajstić information content (AvgIpc) is 3.13. The highest BCUT2D eigenvalue weighted by Gasteiger charge is 2.30. The number of nitrogens with one attached hydrogen (secondary N) is 2. The van der Waals surface area contributed by atoms with Crippen molar-refractivity contribution in [3.05, 3.63) is 41.1 Å². The van der Waals surface area contributed by atoms with Crippen LogP contribution in [0.1, 0.15) is 23.2 Å². The molecule has 9 nitrogen and oxygen atoms in total. The number of aromatic amines is 1. The summed E-state index contributed by atoms with van der Waals surface area (Å²) in [6.07, 6.45) is 4.82. The number of aromatic nitrogens is 5. The number of halogens is 2. The van der Waals surface area contributed by atoms with Crippen LogP contribution in [0.25, 0.3) is 27.4 Å². The number of benzene rings is 1. The summed E-state index contributed by atoms with van der Waals surface area (Å²) >= 11 is 7.55. The molecule has 3 heterocycles. The zero-order valence-corrected chi connectivity index (χ0v) is 16.7. The number of hydrogen-bond acceptors (Lipinski definition) is 6. The molecule has 1 fully saturated rings. The Labute approximate surface area is 177 Å². The van der Waals surface area contributed by atoms with Crippen LogP contribution >= 0.6 is 22.9 Å². The maximum atomic E-state index is 14.0. The molecule has 1 aromatic carbocycles. The zero-order chi connectivity index (χ0) is 21.0. The minimum Gasteiger partial charge on any atom is -0.365 e. The van der Waals surface area contributed by atoms with Crippen LogP contribution < -0.4 is 11.1 Å². The molecule has 0 unspecified atom stereocenters. The van der Waals surface area contributed by atoms with E-state index in [2.05, 4.69) is 25.5 Å². The second kappa shape index (κ2) is 6.89. The van der Waals surface area contributed by atoms with Crippen LogP contribution in [0.15, 0.2) is 24.7 Å². The van der Waals surface area contributed by atoms with Gasteiger partial charge in [-0.2, -0.15) is 5.10 Å². The standard InChI is InChI=1S/C18H13ClFN7O2S/c19-12-8(3-4-9(20)11(12)14(21)28)10-5-22-6-27(10)16-13-15(25-26-16)23-18(30-13)24-17(29)7-1-2-7/h3-7H,1-2H2,(H2,21,28)(H2,23,24,25,26,29). The summed E-state index contributed by atoms with van der Waals surface area (Å²) < 4.78 is 16.3. The van der Waals surface area contributed by atoms with E-state index in [1.807, 2.05) is 0 Å². The van der Waals surface area contributed by atoms with E-state index in [1.54, 1.807) is 4.57 Å². The van der Waals surface area contributed by atoms with Crippen LogP contribution in [0.2, 0.25) is 5.02 Å². The Kier molecular flexibility index (Phi) is 4.29. The van der Waals surface area contributed by atoms with Gasteiger partial charge in [0.25, 0.3) is 5.91 Å². The van der Waals surface area contributed by atoms with E-state index < -0.39 is 17.3 Å². The summed E-state index contributed by atoms with van der Waals surface area (Å²) in [5.41, 5.74) is 6.23. The molecule has 152 valence electrons. The highest BCUT2D eigenvalue weighted by molar-refractivity contribution is 7.22. The van der Waals surface area contributed by atoms with Crippen molar-refractivity contribution in [1.82, 2.24) is 24.7 Å². The Morgan fingerprint density at radius 2 is 2.17 bits per heavy atom. The van der Waals surface area contributed by atoms with Crippen molar-refractivity contribution in [2.24, 2.45) is 11.7 Å². The summed E-state index contributed by atoms with van der Waals surface area (Å²) in [5.74, 6) is -1.27. The Morgan fingerprint density at radius 3 is 2.90 bits per heavy atom. The molecular weight excluding hydrogens is 433 g/mol. The fourth-order valence-corrected chi connectivity index (χ4v) is 4.36. The smallest absolute Gasteiger partial charge is 0.253 e. The maximum absolute atomic E-state index is 14.0. The van der Waals surface area contributed by atoms with Gasteiger partial charge in [0.2, 0.25) is 5.91 Å². The molecule has 1 aliphatic carbocycles. The number of carbonyl (C=O) groups is 2. The quantitative estimate of drug-likeness (QED) is 0.434. The van der Waals surface area contributed by atoms with E-state index in [-0.39, 0.29) is 16.8 Å². The molecular formula is C18H13ClFN7O2S. The van der Waals surface area contributed by atoms with E-state index in [9.17, 15) is 14.0 Å². The van der Waals surface area contributed by atoms with Crippen molar-refractivity contribution in [2.75, 3.05) is 5.32 Å². The molecule has 4 aromatic rings. The molecule has 0 bridgehead atoms. The number of rotatable bonds is 5. The third kappa shape index (κ3) is 3.02. The van der Waals surface area contributed by atoms with Gasteiger partial charge in [-0.25, -0.2) is 14.4 Å². The van der Waals surface area contributed by atoms with Crippen LogP contribution in [-0.2, 0) is 4.79 Å². The Hall–Kier alpha value is -3.31. The molecule has 0 saturated heterocycles. The molecule has 0 radical (unpaired) electrons. The van der Waals surface area contributed by atoms with E-state index >= 15 is 0 Å². The molecule has 12 heteroatoms. The molecule has 2 amide bonds. The summed E-state index contributed by atoms with van der Waals surface area (Å²) in [7, 11) is 0. The zero-order valence-electron chi connectivity index (χ0n) is 15.1. The molecule has 3 aromatic heterocycles. The van der Waals surface area contributed by atoms with E-state index in [4.69, 9.17) is 17.3 Å². The van der Waals surface area contributed by atoms with Crippen molar-refractivity contribution in [2.45, 2.75) is 12.8 Å². The van der Waals surface area contributed by atoms with Gasteiger partial charge >= 0.3 is 0 Å². The molecule has 4 N–H and O–H groups in total. The van der Waals surface area contributed by atoms with Crippen LogP contribution in [0, 0.1) is 11.7 Å². The topological polar surface area (TPSA) is 132 Å². The number of thiazole rings is 1. The van der Waals surface area contributed by atoms with Crippen molar-refractivity contribution < 1.29 is 14.0 Å². The predicted molar refractivity (Wildman–Crippen MR) is 109 cm³/mol. The minimum absolute atomic E-state index is 0.0405. The molecule has 0 spiro atoms. The van der Waals surface area contributed by atoms with Crippen molar-refractivity contribution in [3.8, 4) is 17.1 Å². The van der Waals surface area contributed by atoms with E-state index in [1.165, 1.54) is 29.9 Å². The van der Waals surface area contributed by atoms with E-state index in [0.29, 0.717) is 32.6 Å². The fraction of sp³-hybridized carbons (Fsp3) is 0.167. The Bertz CT molecular complexity index is 1320. The highest BCUT2D eigenvalue weighted by Crippen LogP contribution is 2.36. The molecule has 1 aliphatic rings. The van der Waals surface area contributed by atoms with Gasteiger partial charge in [0.1, 0.15) is 16.8 Å². The molecule has 1 saturated carbocycles. The van der Waals surface area contributed by atoms with Gasteiger partial charge in [0.05, 0.1) is 22.5 Å². The average molecular weight is 446 g/mol. The van der Waals surface area contributed by atoms with Gasteiger partial charge in [-0.05, 0) is 25.0 Å². The SMILES string of the molecule is NC(=O)c1c(F)ccc(-c2cncn2-c2n[nH]c3nc(NC(=O)C4CC4)sc23)c1Cl. The first-order valence-electron chi connectivity index (χ1n) is 8.90. The van der Waals surface area contributed by atoms with Gasteiger partial charge in [-0.15, -0.1) is 0 Å². The lowest BCUT2D eigenvalue weighted by molar-refractivity contribution is -0.117. The van der Waals surface area contributed by atoms with Crippen molar-refractivity contribution in [3.63, 3.8) is 0 Å². The van der Waals surface area contributed by atoms with Crippen molar-refractivity contribution >= 4 is 50.2 Å². The lowest BCUT2D eigenvalue weighted by atomic mass is 10.1. The normalized spacial score (nSPS) is 13.7. The molecule has 0 atom stereocenters. The van der Waals surface area contributed by atoms with Gasteiger partial charge in [-0.1, -0.05) is 22.9 Å². The number of anilines is 1. The maximum Gasteiger partial charge on any atom is 0.253 e. The molecule has 30 heavy (non-hydrogen) atoms. The van der Waals surface area contributed by atoms with E-state index in [0.717, 1.165) is 18.9 Å². The molecule has 0 aliphatic heterocycles. The summed E-state index contributed by atoms with van der Waals surface area (Å²) in [4.78, 5) is 32.1. The van der Waals surface area contributed by atoms with Crippen LogP contribution in [-0.4, -0.2) is 36.5 Å². The summed E-state index contributed by atoms with van der Waals surface area (Å²) in [6.45, 7) is 0. The van der Waals surface area contributed by atoms with Gasteiger partial charge < -0.3 is 11.1 Å². The number of nitrogens with zero attached hydrogens (tertiary/aromatic N) is 4. The lowest BCUT2D eigenvalue weighted by Crippen LogP contribution is -2.14. The second-order valence-corrected chi connectivity index (χ2v) is 8.18. The molecule has 5 rings (SSSR count). The number of H-pyrrole nitrogens is 1. The van der Waals surface area contributed by atoms with Crippen LogP contribution in [0.3, 0.4) is 0 Å². The highest BCUT2D eigenvalue weighted by atomic mass is 35.5. The second-order valence-electron chi connectivity index (χ2n) is 6.80. The fourth-order valence-electron chi connectivity index (χ4n) is 3.11. The first kappa shape index (κ1) is 18.7. The monoisotopic (exact) mass is 445 g/mol. The largest absolute Gasteiger partial charge is 0.365 e. The third-order valence-corrected chi connectivity index (χ3v) is 6.12. The summed E-state index contributed by atoms with van der Waals surface area (Å²) in [5, 5.41) is 10.3. The number of carbonyl (C=O) groups excluding carboxylic acids is 2. The first-order chi connectivity index (χ1) is 14.4. The number of nitrogens with two attached hydrogens (primary N) is 1. The van der Waals surface area contributed by atoms with Crippen LogP contribution in [0.4, 0.5) is 9.52 Å². The van der Waals surface area contributed by atoms with Gasteiger partial charge in [-0.3, -0.25) is 19.3 Å². The predicted octanol–water partition coefficient (Wildman–Crippen LogP) is 3.11. The number of hydrogen-bond donors (Lipinski definition) is 3. The summed E-state index contributed by atoms with van der Waals surface area (Å²) in [6, 6.07) is 2.56. The number of amides is 2. The van der Waals surface area contributed by atoms with Gasteiger partial charge in [0, 0.05) is 11.5 Å². The number of primary amides is 1. The Balaban J connectivity index is 1.58. The number of fused-ring (bicyclic) bond motifs is 1. The Morgan fingerprint density at radius 1 is 1.37 bits per heavy atom. The van der Waals surface area contributed by atoms with Crippen LogP contribution in [0.5, 0.6) is 0 Å². The third-order valence-electron chi connectivity index (χ3n) is 4.76.